The Morgan fingerprint density at radius 3 is 2.39 bits per heavy atom. The highest BCUT2D eigenvalue weighted by molar-refractivity contribution is 6.30. The number of carbonyl (C=O) groups excluding carboxylic acids is 1. The molecule has 0 aliphatic carbocycles. The highest BCUT2D eigenvalue weighted by Crippen LogP contribution is 2.16. The molecule has 0 atom stereocenters. The van der Waals surface area contributed by atoms with Gasteiger partial charge in [-0.3, -0.25) is 13.9 Å². The number of carbonyl (C=O) groups is 1. The summed E-state index contributed by atoms with van der Waals surface area (Å²) in [6.07, 6.45) is 0.238. The molecule has 5 nitrogen and oxygen atoms in total. The average Bonchev–Trinajstić information content (AvgIpc) is 2.74. The predicted molar refractivity (Wildman–Crippen MR) is 91.9 cm³/mol. The number of aryl methyl sites for hydroxylation is 2. The summed E-state index contributed by atoms with van der Waals surface area (Å²) in [7, 11) is 3.46. The monoisotopic (exact) mass is 329 g/mol. The van der Waals surface area contributed by atoms with Crippen molar-refractivity contribution in [1.29, 1.82) is 0 Å². The molecule has 0 saturated carbocycles. The second kappa shape index (κ2) is 5.93. The largest absolute Gasteiger partial charge is 0.328 e. The molecule has 0 fully saturated rings. The van der Waals surface area contributed by atoms with Gasteiger partial charge in [0.25, 0.3) is 0 Å². The van der Waals surface area contributed by atoms with Crippen molar-refractivity contribution in [2.24, 2.45) is 14.1 Å². The van der Waals surface area contributed by atoms with Crippen molar-refractivity contribution < 1.29 is 4.79 Å². The molecule has 0 saturated heterocycles. The maximum Gasteiger partial charge on any atom is 0.328 e. The zero-order valence-electron chi connectivity index (χ0n) is 12.8. The average molecular weight is 330 g/mol. The molecule has 0 spiro atoms. The van der Waals surface area contributed by atoms with Gasteiger partial charge in [-0.15, -0.1) is 0 Å². The summed E-state index contributed by atoms with van der Waals surface area (Å²) in [6.45, 7) is 0. The third kappa shape index (κ3) is 3.00. The minimum absolute atomic E-state index is 0.0808. The van der Waals surface area contributed by atoms with E-state index < -0.39 is 0 Å². The van der Waals surface area contributed by atoms with Crippen LogP contribution in [0.3, 0.4) is 0 Å². The Balaban J connectivity index is 1.81. The molecule has 0 bridgehead atoms. The summed E-state index contributed by atoms with van der Waals surface area (Å²) >= 11 is 5.82. The fraction of sp³-hybridized carbons (Fsp3) is 0.176. The molecular formula is C17H16ClN3O2. The molecule has 0 radical (unpaired) electrons. The van der Waals surface area contributed by atoms with Crippen LogP contribution in [0.25, 0.3) is 11.0 Å². The first kappa shape index (κ1) is 15.4. The maximum atomic E-state index is 12.1. The number of benzene rings is 2. The SMILES string of the molecule is Cn1c(=O)n(C)c2cc(CC(=O)Nc3ccc(Cl)cc3)ccc21. The molecule has 3 rings (SSSR count). The first-order chi connectivity index (χ1) is 11.0. The molecule has 23 heavy (non-hydrogen) atoms. The van der Waals surface area contributed by atoms with E-state index in [0.29, 0.717) is 10.7 Å². The second-order valence-corrected chi connectivity index (χ2v) is 5.89. The van der Waals surface area contributed by atoms with E-state index in [4.69, 9.17) is 11.6 Å². The van der Waals surface area contributed by atoms with E-state index in [1.807, 2.05) is 18.2 Å². The Kier molecular flexibility index (Phi) is 3.96. The van der Waals surface area contributed by atoms with E-state index in [0.717, 1.165) is 16.6 Å². The van der Waals surface area contributed by atoms with Crippen LogP contribution in [-0.2, 0) is 25.3 Å². The summed E-state index contributed by atoms with van der Waals surface area (Å²) in [5.41, 5.74) is 3.13. The van der Waals surface area contributed by atoms with Crippen LogP contribution in [0, 0.1) is 0 Å². The van der Waals surface area contributed by atoms with Crippen LogP contribution in [0.15, 0.2) is 47.3 Å². The van der Waals surface area contributed by atoms with Crippen LogP contribution in [0.1, 0.15) is 5.56 Å². The fourth-order valence-corrected chi connectivity index (χ4v) is 2.71. The Bertz CT molecular complexity index is 939. The topological polar surface area (TPSA) is 56.0 Å². The van der Waals surface area contributed by atoms with E-state index in [9.17, 15) is 9.59 Å². The van der Waals surface area contributed by atoms with E-state index in [1.54, 1.807) is 47.5 Å². The summed E-state index contributed by atoms with van der Waals surface area (Å²) in [6, 6.07) is 12.6. The fourth-order valence-electron chi connectivity index (χ4n) is 2.59. The third-order valence-electron chi connectivity index (χ3n) is 3.83. The second-order valence-electron chi connectivity index (χ2n) is 5.46. The number of nitrogens with one attached hydrogen (secondary N) is 1. The summed E-state index contributed by atoms with van der Waals surface area (Å²) in [4.78, 5) is 24.1. The van der Waals surface area contributed by atoms with Gasteiger partial charge in [0.15, 0.2) is 0 Å². The number of nitrogens with zero attached hydrogens (tertiary/aromatic N) is 2. The quantitative estimate of drug-likeness (QED) is 0.803. The summed E-state index contributed by atoms with van der Waals surface area (Å²) in [5, 5.41) is 3.45. The molecule has 1 amide bonds. The zero-order chi connectivity index (χ0) is 16.6. The molecular weight excluding hydrogens is 314 g/mol. The Morgan fingerprint density at radius 2 is 1.70 bits per heavy atom. The number of rotatable bonds is 3. The number of amides is 1. The molecule has 0 aliphatic rings. The van der Waals surface area contributed by atoms with Crippen molar-refractivity contribution in [3.63, 3.8) is 0 Å². The van der Waals surface area contributed by atoms with Gasteiger partial charge in [0.2, 0.25) is 5.91 Å². The number of halogens is 1. The maximum absolute atomic E-state index is 12.1. The lowest BCUT2D eigenvalue weighted by Gasteiger charge is -2.06. The van der Waals surface area contributed by atoms with Crippen molar-refractivity contribution in [3.05, 3.63) is 63.5 Å². The minimum Gasteiger partial charge on any atom is -0.326 e. The molecule has 1 N–H and O–H groups in total. The Labute approximate surface area is 138 Å². The van der Waals surface area contributed by atoms with Gasteiger partial charge in [0.05, 0.1) is 17.5 Å². The van der Waals surface area contributed by atoms with Crippen LogP contribution in [0.5, 0.6) is 0 Å². The Morgan fingerprint density at radius 1 is 1.04 bits per heavy atom. The first-order valence-corrected chi connectivity index (χ1v) is 7.53. The van der Waals surface area contributed by atoms with Gasteiger partial charge in [0.1, 0.15) is 0 Å². The lowest BCUT2D eigenvalue weighted by atomic mass is 10.1. The van der Waals surface area contributed by atoms with Crippen molar-refractivity contribution in [1.82, 2.24) is 9.13 Å². The molecule has 0 aliphatic heterocycles. The number of aromatic nitrogens is 2. The van der Waals surface area contributed by atoms with E-state index in [2.05, 4.69) is 5.32 Å². The first-order valence-electron chi connectivity index (χ1n) is 7.15. The normalized spacial score (nSPS) is 10.9. The molecule has 2 aromatic carbocycles. The van der Waals surface area contributed by atoms with Crippen LogP contribution < -0.4 is 11.0 Å². The van der Waals surface area contributed by atoms with E-state index >= 15 is 0 Å². The third-order valence-corrected chi connectivity index (χ3v) is 4.08. The number of hydrogen-bond donors (Lipinski definition) is 1. The van der Waals surface area contributed by atoms with Gasteiger partial charge >= 0.3 is 5.69 Å². The summed E-state index contributed by atoms with van der Waals surface area (Å²) < 4.78 is 3.17. The lowest BCUT2D eigenvalue weighted by Crippen LogP contribution is -2.19. The highest BCUT2D eigenvalue weighted by atomic mass is 35.5. The standard InChI is InChI=1S/C17H16ClN3O2/c1-20-14-8-3-11(9-15(14)21(2)17(20)23)10-16(22)19-13-6-4-12(18)5-7-13/h3-9H,10H2,1-2H3,(H,19,22). The minimum atomic E-state index is -0.118. The van der Waals surface area contributed by atoms with Crippen LogP contribution in [-0.4, -0.2) is 15.0 Å². The molecule has 1 aromatic heterocycles. The van der Waals surface area contributed by atoms with Crippen LogP contribution >= 0.6 is 11.6 Å². The molecule has 118 valence electrons. The van der Waals surface area contributed by atoms with Crippen molar-refractivity contribution in [2.75, 3.05) is 5.32 Å². The molecule has 3 aromatic rings. The smallest absolute Gasteiger partial charge is 0.326 e. The van der Waals surface area contributed by atoms with Crippen molar-refractivity contribution in [2.45, 2.75) is 6.42 Å². The van der Waals surface area contributed by atoms with Gasteiger partial charge < -0.3 is 5.32 Å². The van der Waals surface area contributed by atoms with Gasteiger partial charge in [-0.2, -0.15) is 0 Å². The van der Waals surface area contributed by atoms with Gasteiger partial charge in [-0.05, 0) is 42.0 Å². The predicted octanol–water partition coefficient (Wildman–Crippen LogP) is 2.71. The number of hydrogen-bond acceptors (Lipinski definition) is 2. The van der Waals surface area contributed by atoms with E-state index in [-0.39, 0.29) is 18.0 Å². The molecule has 6 heteroatoms. The number of imidazole rings is 1. The number of anilines is 1. The van der Waals surface area contributed by atoms with Crippen molar-refractivity contribution in [3.8, 4) is 0 Å². The summed E-state index contributed by atoms with van der Waals surface area (Å²) in [5.74, 6) is -0.118. The van der Waals surface area contributed by atoms with Crippen molar-refractivity contribution >= 4 is 34.2 Å². The molecule has 1 heterocycles. The van der Waals surface area contributed by atoms with Crippen LogP contribution in [0.2, 0.25) is 5.02 Å². The van der Waals surface area contributed by atoms with Gasteiger partial charge in [0, 0.05) is 24.8 Å². The zero-order valence-corrected chi connectivity index (χ0v) is 13.6. The lowest BCUT2D eigenvalue weighted by molar-refractivity contribution is -0.115. The van der Waals surface area contributed by atoms with Gasteiger partial charge in [-0.1, -0.05) is 17.7 Å². The van der Waals surface area contributed by atoms with Crippen LogP contribution in [0.4, 0.5) is 5.69 Å². The Hall–Kier alpha value is -2.53. The van der Waals surface area contributed by atoms with Gasteiger partial charge in [-0.25, -0.2) is 4.79 Å². The molecule has 0 unspecified atom stereocenters. The highest BCUT2D eigenvalue weighted by Gasteiger charge is 2.10. The van der Waals surface area contributed by atoms with E-state index in [1.165, 1.54) is 0 Å². The number of fused-ring (bicyclic) bond motifs is 1.